The number of halogens is 3. The molecule has 0 saturated carbocycles. The Balaban J connectivity index is 2.66. The number of hydrogen-bond donors (Lipinski definition) is 1. The molecule has 0 saturated heterocycles. The number of amides is 1. The van der Waals surface area contributed by atoms with Gasteiger partial charge in [0.15, 0.2) is 9.84 Å². The zero-order chi connectivity index (χ0) is 17.8. The number of carbonyl (C=O) groups excluding carboxylic acids is 1. The van der Waals surface area contributed by atoms with Gasteiger partial charge in [0.05, 0.1) is 11.4 Å². The molecule has 1 aromatic carbocycles. The highest BCUT2D eigenvalue weighted by Gasteiger charge is 2.28. The molecule has 1 N–H and O–H groups in total. The largest absolute Gasteiger partial charge is 0.405 e. The van der Waals surface area contributed by atoms with Crippen LogP contribution in [0, 0.1) is 0 Å². The van der Waals surface area contributed by atoms with Crippen LogP contribution in [0.2, 0.25) is 0 Å². The van der Waals surface area contributed by atoms with Crippen LogP contribution < -0.4 is 5.32 Å². The van der Waals surface area contributed by atoms with Gasteiger partial charge in [-0.15, -0.1) is 0 Å². The van der Waals surface area contributed by atoms with Crippen LogP contribution >= 0.6 is 0 Å². The number of alkyl halides is 3. The number of benzene rings is 1. The Morgan fingerprint density at radius 1 is 1.26 bits per heavy atom. The highest BCUT2D eigenvalue weighted by molar-refractivity contribution is 7.90. The highest BCUT2D eigenvalue weighted by atomic mass is 32.2. The monoisotopic (exact) mass is 352 g/mol. The van der Waals surface area contributed by atoms with Gasteiger partial charge in [0, 0.05) is 12.3 Å². The predicted molar refractivity (Wildman–Crippen MR) is 79.7 cm³/mol. The summed E-state index contributed by atoms with van der Waals surface area (Å²) >= 11 is 0. The fraction of sp³-hybridized carbons (Fsp3) is 0.500. The molecule has 0 radical (unpaired) electrons. The summed E-state index contributed by atoms with van der Waals surface area (Å²) in [6, 6.07) is 5.88. The number of carbonyl (C=O) groups is 1. The molecule has 130 valence electrons. The Morgan fingerprint density at radius 3 is 2.22 bits per heavy atom. The number of nitrogens with zero attached hydrogens (tertiary/aromatic N) is 1. The minimum atomic E-state index is -4.44. The van der Waals surface area contributed by atoms with E-state index in [1.165, 1.54) is 12.1 Å². The van der Waals surface area contributed by atoms with Gasteiger partial charge in [-0.05, 0) is 31.7 Å². The summed E-state index contributed by atoms with van der Waals surface area (Å²) in [6.45, 7) is 0.203. The smallest absolute Gasteiger partial charge is 0.346 e. The molecule has 9 heteroatoms. The maximum atomic E-state index is 12.0. The van der Waals surface area contributed by atoms with Gasteiger partial charge in [-0.2, -0.15) is 13.2 Å². The second kappa shape index (κ2) is 7.31. The van der Waals surface area contributed by atoms with Crippen molar-refractivity contribution in [1.82, 2.24) is 10.2 Å². The Bertz CT molecular complexity index is 642. The summed E-state index contributed by atoms with van der Waals surface area (Å²) in [5, 5.41) is 1.80. The lowest BCUT2D eigenvalue weighted by Gasteiger charge is -2.24. The predicted octanol–water partition coefficient (Wildman–Crippen LogP) is 1.76. The van der Waals surface area contributed by atoms with Crippen molar-refractivity contribution in [3.63, 3.8) is 0 Å². The summed E-state index contributed by atoms with van der Waals surface area (Å²) in [5.41, 5.74) is 0.753. The van der Waals surface area contributed by atoms with Crippen LogP contribution in [-0.2, 0) is 14.6 Å². The molecule has 5 nitrogen and oxygen atoms in total. The third-order valence-electron chi connectivity index (χ3n) is 3.33. The molecule has 1 aromatic rings. The average molecular weight is 352 g/mol. The van der Waals surface area contributed by atoms with Gasteiger partial charge in [0.25, 0.3) is 0 Å². The van der Waals surface area contributed by atoms with Crippen molar-refractivity contribution in [2.75, 3.05) is 26.4 Å². The van der Waals surface area contributed by atoms with Gasteiger partial charge in [-0.1, -0.05) is 12.1 Å². The quantitative estimate of drug-likeness (QED) is 0.847. The van der Waals surface area contributed by atoms with E-state index in [2.05, 4.69) is 0 Å². The van der Waals surface area contributed by atoms with Crippen molar-refractivity contribution in [3.8, 4) is 0 Å². The van der Waals surface area contributed by atoms with Crippen molar-refractivity contribution in [2.24, 2.45) is 0 Å². The lowest BCUT2D eigenvalue weighted by Crippen LogP contribution is -2.40. The molecule has 0 bridgehead atoms. The lowest BCUT2D eigenvalue weighted by molar-refractivity contribution is -0.139. The fourth-order valence-corrected chi connectivity index (χ4v) is 2.50. The molecule has 0 aromatic heterocycles. The van der Waals surface area contributed by atoms with E-state index in [1.807, 2.05) is 0 Å². The van der Waals surface area contributed by atoms with Crippen LogP contribution in [0.3, 0.4) is 0 Å². The minimum Gasteiger partial charge on any atom is -0.346 e. The molecule has 23 heavy (non-hydrogen) atoms. The van der Waals surface area contributed by atoms with Crippen LogP contribution in [0.1, 0.15) is 18.5 Å². The highest BCUT2D eigenvalue weighted by Crippen LogP contribution is 2.20. The minimum absolute atomic E-state index is 0.180. The van der Waals surface area contributed by atoms with E-state index in [0.29, 0.717) is 0 Å². The summed E-state index contributed by atoms with van der Waals surface area (Å²) in [4.78, 5) is 13.2. The van der Waals surface area contributed by atoms with E-state index in [-0.39, 0.29) is 17.5 Å². The van der Waals surface area contributed by atoms with Gasteiger partial charge < -0.3 is 5.32 Å². The Kier molecular flexibility index (Phi) is 6.18. The molecular weight excluding hydrogens is 333 g/mol. The third-order valence-corrected chi connectivity index (χ3v) is 4.46. The Hall–Kier alpha value is -1.61. The fourth-order valence-electron chi connectivity index (χ4n) is 1.87. The molecule has 0 aliphatic rings. The van der Waals surface area contributed by atoms with E-state index >= 15 is 0 Å². The Labute approximate surface area is 133 Å². The van der Waals surface area contributed by atoms with Crippen molar-refractivity contribution in [1.29, 1.82) is 0 Å². The second-order valence-corrected chi connectivity index (χ2v) is 7.34. The van der Waals surface area contributed by atoms with Crippen LogP contribution in [0.4, 0.5) is 13.2 Å². The molecule has 0 fully saturated rings. The maximum Gasteiger partial charge on any atom is 0.405 e. The normalized spacial score (nSPS) is 13.9. The first-order chi connectivity index (χ1) is 10.4. The average Bonchev–Trinajstić information content (AvgIpc) is 2.42. The molecule has 1 rings (SSSR count). The summed E-state index contributed by atoms with van der Waals surface area (Å²) < 4.78 is 58.9. The maximum absolute atomic E-state index is 12.0. The van der Waals surface area contributed by atoms with Gasteiger partial charge in [0.1, 0.15) is 6.54 Å². The zero-order valence-corrected chi connectivity index (χ0v) is 13.8. The van der Waals surface area contributed by atoms with E-state index in [0.717, 1.165) is 11.8 Å². The molecule has 0 heterocycles. The Morgan fingerprint density at radius 2 is 1.78 bits per heavy atom. The van der Waals surface area contributed by atoms with E-state index in [1.54, 1.807) is 36.3 Å². The number of hydrogen-bond acceptors (Lipinski definition) is 4. The summed E-state index contributed by atoms with van der Waals surface area (Å²) in [5.74, 6) is -0.732. The topological polar surface area (TPSA) is 66.5 Å². The summed E-state index contributed by atoms with van der Waals surface area (Å²) in [6.07, 6.45) is -3.34. The summed E-state index contributed by atoms with van der Waals surface area (Å²) in [7, 11) is -1.69. The first kappa shape index (κ1) is 19.4. The first-order valence-corrected chi connectivity index (χ1v) is 8.63. The number of likely N-dealkylation sites (N-methyl/N-ethyl adjacent to an activating group) is 1. The molecule has 0 spiro atoms. The van der Waals surface area contributed by atoms with Gasteiger partial charge in [-0.25, -0.2) is 8.42 Å². The van der Waals surface area contributed by atoms with Crippen molar-refractivity contribution < 1.29 is 26.4 Å². The van der Waals surface area contributed by atoms with Crippen molar-refractivity contribution in [3.05, 3.63) is 29.8 Å². The number of nitrogens with one attached hydrogen (secondary N) is 1. The van der Waals surface area contributed by atoms with Crippen LogP contribution in [0.15, 0.2) is 29.2 Å². The van der Waals surface area contributed by atoms with Gasteiger partial charge >= 0.3 is 6.18 Å². The van der Waals surface area contributed by atoms with Crippen LogP contribution in [0.25, 0.3) is 0 Å². The molecule has 0 aliphatic carbocycles. The molecular formula is C14H19F3N2O3S. The van der Waals surface area contributed by atoms with Gasteiger partial charge in [-0.3, -0.25) is 9.69 Å². The lowest BCUT2D eigenvalue weighted by atomic mass is 10.1. The van der Waals surface area contributed by atoms with E-state index in [4.69, 9.17) is 0 Å². The standard InChI is InChI=1S/C14H19F3N2O3S/c1-10(11-4-6-12(7-5-11)23(3,21)22)19(2)8-13(20)18-9-14(15,16)17/h4-7,10H,8-9H2,1-3H3,(H,18,20)/t10-/m0/s1. The zero-order valence-electron chi connectivity index (χ0n) is 13.0. The number of rotatable bonds is 6. The third kappa shape index (κ3) is 6.57. The molecule has 1 amide bonds. The first-order valence-electron chi connectivity index (χ1n) is 6.74. The number of sulfone groups is 1. The van der Waals surface area contributed by atoms with E-state index in [9.17, 15) is 26.4 Å². The van der Waals surface area contributed by atoms with Crippen molar-refractivity contribution >= 4 is 15.7 Å². The van der Waals surface area contributed by atoms with Crippen LogP contribution in [-0.4, -0.2) is 51.8 Å². The van der Waals surface area contributed by atoms with Crippen molar-refractivity contribution in [2.45, 2.75) is 24.0 Å². The van der Waals surface area contributed by atoms with Gasteiger partial charge in [0.2, 0.25) is 5.91 Å². The molecule has 1 atom stereocenters. The second-order valence-electron chi connectivity index (χ2n) is 5.32. The molecule has 0 aliphatic heterocycles. The van der Waals surface area contributed by atoms with E-state index < -0.39 is 28.5 Å². The SMILES string of the molecule is C[C@@H](c1ccc(S(C)(=O)=O)cc1)N(C)CC(=O)NCC(F)(F)F. The van der Waals surface area contributed by atoms with Crippen LogP contribution in [0.5, 0.6) is 0 Å². The molecule has 0 unspecified atom stereocenters.